The van der Waals surface area contributed by atoms with E-state index in [4.69, 9.17) is 4.99 Å². The maximum absolute atomic E-state index is 5.33. The van der Waals surface area contributed by atoms with Gasteiger partial charge in [-0.15, -0.1) is 0 Å². The number of hydrogen-bond donors (Lipinski definition) is 3. The van der Waals surface area contributed by atoms with E-state index >= 15 is 0 Å². The molecule has 2 aliphatic rings. The molecule has 2 aliphatic heterocycles. The topological polar surface area (TPSA) is 53.4 Å². The van der Waals surface area contributed by atoms with Crippen LogP contribution >= 0.6 is 0 Å². The lowest BCUT2D eigenvalue weighted by Crippen LogP contribution is -2.47. The lowest BCUT2D eigenvalue weighted by molar-refractivity contribution is 0.406. The van der Waals surface area contributed by atoms with Gasteiger partial charge in [0, 0.05) is 10.8 Å². The molecule has 0 radical (unpaired) electrons. The van der Waals surface area contributed by atoms with Gasteiger partial charge >= 0.3 is 0 Å². The number of allylic oxidation sites excluding steroid dienone is 2. The Balaban J connectivity index is 1.03. The maximum atomic E-state index is 5.33. The van der Waals surface area contributed by atoms with Crippen LogP contribution in [0.5, 0.6) is 0 Å². The SMILES string of the molecule is C1=CC(n2c3cc(-c4ccccc4)ccc3c3c4ccccc4c(-c4ccccc4)cc32)NC(C2=NC(c3ccccc3)NC(c3ccc(-c4ccccc4)cc3)N2)=C1. The first-order valence-corrected chi connectivity index (χ1v) is 20.3. The van der Waals surface area contributed by atoms with Gasteiger partial charge < -0.3 is 15.2 Å². The van der Waals surface area contributed by atoms with Crippen molar-refractivity contribution < 1.29 is 0 Å². The summed E-state index contributed by atoms with van der Waals surface area (Å²) in [5, 5.41) is 16.5. The molecule has 3 unspecified atom stereocenters. The number of rotatable bonds is 7. The van der Waals surface area contributed by atoms with E-state index in [9.17, 15) is 0 Å². The van der Waals surface area contributed by atoms with Crippen LogP contribution in [0, 0.1) is 0 Å². The Kier molecular flexibility index (Phi) is 8.72. The first kappa shape index (κ1) is 34.8. The molecule has 0 saturated heterocycles. The van der Waals surface area contributed by atoms with Gasteiger partial charge in [-0.05, 0) is 79.6 Å². The molecule has 9 aromatic rings. The van der Waals surface area contributed by atoms with E-state index in [0.717, 1.165) is 22.7 Å². The highest BCUT2D eigenvalue weighted by Gasteiger charge is 2.29. The van der Waals surface area contributed by atoms with Gasteiger partial charge in [0.25, 0.3) is 0 Å². The van der Waals surface area contributed by atoms with Gasteiger partial charge in [-0.3, -0.25) is 5.32 Å². The number of dihydropyridines is 1. The molecule has 1 aromatic heterocycles. The number of nitrogens with one attached hydrogen (secondary N) is 3. The van der Waals surface area contributed by atoms with Crippen LogP contribution in [0.1, 0.15) is 29.6 Å². The summed E-state index contributed by atoms with van der Waals surface area (Å²) in [6, 6.07) is 69.4. The number of aromatic nitrogens is 1. The number of nitrogens with zero attached hydrogens (tertiary/aromatic N) is 2. The van der Waals surface area contributed by atoms with Gasteiger partial charge in [0.15, 0.2) is 0 Å². The Morgan fingerprint density at radius 2 is 1.05 bits per heavy atom. The summed E-state index contributed by atoms with van der Waals surface area (Å²) in [6.45, 7) is 0. The zero-order valence-corrected chi connectivity index (χ0v) is 32.3. The summed E-state index contributed by atoms with van der Waals surface area (Å²) >= 11 is 0. The molecule has 3 atom stereocenters. The highest BCUT2D eigenvalue weighted by Crippen LogP contribution is 2.43. The van der Waals surface area contributed by atoms with Crippen LogP contribution in [0.25, 0.3) is 66.0 Å². The van der Waals surface area contributed by atoms with Gasteiger partial charge in [-0.25, -0.2) is 4.99 Å². The average molecular weight is 760 g/mol. The Labute approximate surface area is 343 Å². The molecule has 0 bridgehead atoms. The third-order valence-electron chi connectivity index (χ3n) is 11.7. The fraction of sp³-hybridized carbons (Fsp3) is 0.0556. The van der Waals surface area contributed by atoms with Crippen molar-refractivity contribution in [2.45, 2.75) is 18.5 Å². The highest BCUT2D eigenvalue weighted by molar-refractivity contribution is 6.24. The number of amidine groups is 1. The van der Waals surface area contributed by atoms with Crippen molar-refractivity contribution in [3.8, 4) is 33.4 Å². The molecule has 8 aromatic carbocycles. The lowest BCUT2D eigenvalue weighted by atomic mass is 9.94. The van der Waals surface area contributed by atoms with Crippen molar-refractivity contribution in [3.05, 3.63) is 229 Å². The molecule has 0 aliphatic carbocycles. The number of fused-ring (bicyclic) bond motifs is 5. The second kappa shape index (κ2) is 14.8. The molecule has 5 nitrogen and oxygen atoms in total. The monoisotopic (exact) mass is 759 g/mol. The predicted octanol–water partition coefficient (Wildman–Crippen LogP) is 12.5. The minimum Gasteiger partial charge on any atom is -0.359 e. The maximum Gasteiger partial charge on any atom is 0.148 e. The molecule has 0 fully saturated rings. The molecule has 11 rings (SSSR count). The normalized spacial score (nSPS) is 17.7. The molecule has 3 heterocycles. The van der Waals surface area contributed by atoms with Gasteiger partial charge in [0.05, 0.1) is 16.7 Å². The van der Waals surface area contributed by atoms with Gasteiger partial charge in [-0.1, -0.05) is 188 Å². The van der Waals surface area contributed by atoms with Crippen molar-refractivity contribution in [1.82, 2.24) is 20.5 Å². The smallest absolute Gasteiger partial charge is 0.148 e. The Morgan fingerprint density at radius 3 is 1.76 bits per heavy atom. The van der Waals surface area contributed by atoms with Crippen molar-refractivity contribution in [1.29, 1.82) is 0 Å². The summed E-state index contributed by atoms with van der Waals surface area (Å²) < 4.78 is 2.48. The molecular weight excluding hydrogens is 719 g/mol. The Hall–Kier alpha value is -7.47. The van der Waals surface area contributed by atoms with Crippen LogP contribution in [-0.2, 0) is 0 Å². The summed E-state index contributed by atoms with van der Waals surface area (Å²) in [5.74, 6) is 0.810. The molecule has 0 spiro atoms. The van der Waals surface area contributed by atoms with E-state index in [1.807, 2.05) is 0 Å². The highest BCUT2D eigenvalue weighted by atomic mass is 15.3. The molecule has 3 N–H and O–H groups in total. The summed E-state index contributed by atoms with van der Waals surface area (Å²) in [5.41, 5.74) is 12.7. The van der Waals surface area contributed by atoms with E-state index in [2.05, 4.69) is 233 Å². The largest absolute Gasteiger partial charge is 0.359 e. The predicted molar refractivity (Wildman–Crippen MR) is 245 cm³/mol. The van der Waals surface area contributed by atoms with Gasteiger partial charge in [0.1, 0.15) is 24.3 Å². The molecular formula is C54H41N5. The third kappa shape index (κ3) is 6.38. The Morgan fingerprint density at radius 1 is 0.458 bits per heavy atom. The van der Waals surface area contributed by atoms with Crippen LogP contribution in [0.3, 0.4) is 0 Å². The summed E-state index contributed by atoms with van der Waals surface area (Å²) in [7, 11) is 0. The van der Waals surface area contributed by atoms with Crippen LogP contribution in [0.15, 0.2) is 223 Å². The first-order chi connectivity index (χ1) is 29.2. The van der Waals surface area contributed by atoms with E-state index in [1.165, 1.54) is 66.0 Å². The fourth-order valence-electron chi connectivity index (χ4n) is 8.85. The van der Waals surface area contributed by atoms with E-state index < -0.39 is 0 Å². The van der Waals surface area contributed by atoms with Crippen LogP contribution in [0.4, 0.5) is 0 Å². The van der Waals surface area contributed by atoms with Gasteiger partial charge in [-0.2, -0.15) is 0 Å². The minimum atomic E-state index is -0.250. The van der Waals surface area contributed by atoms with Crippen molar-refractivity contribution in [3.63, 3.8) is 0 Å². The van der Waals surface area contributed by atoms with Crippen molar-refractivity contribution >= 4 is 38.4 Å². The van der Waals surface area contributed by atoms with Crippen LogP contribution in [-0.4, -0.2) is 10.4 Å². The second-order valence-electron chi connectivity index (χ2n) is 15.3. The van der Waals surface area contributed by atoms with E-state index in [0.29, 0.717) is 0 Å². The standard InChI is InChI=1S/C54H41N5/c1-5-16-36(17-6-1)38-28-30-41(31-29-38)53-56-52(40-22-11-4-12-23-40)57-54(58-53)47-26-15-27-50(55-47)59-48-34-42(37-18-7-2-8-19-37)32-33-45(48)51-44-25-14-13-24-43(44)46(35-49(51)59)39-20-9-3-10-21-39/h1-35,50,52-53,55-56H,(H,57,58). The third-order valence-corrected chi connectivity index (χ3v) is 11.7. The van der Waals surface area contributed by atoms with E-state index in [1.54, 1.807) is 0 Å². The van der Waals surface area contributed by atoms with Crippen molar-refractivity contribution in [2.24, 2.45) is 4.99 Å². The zero-order valence-electron chi connectivity index (χ0n) is 32.3. The lowest BCUT2D eigenvalue weighted by Gasteiger charge is -2.34. The second-order valence-corrected chi connectivity index (χ2v) is 15.3. The van der Waals surface area contributed by atoms with Gasteiger partial charge in [0.2, 0.25) is 0 Å². The Bertz CT molecular complexity index is 3060. The molecule has 282 valence electrons. The molecule has 59 heavy (non-hydrogen) atoms. The number of hydrogen-bond acceptors (Lipinski definition) is 4. The van der Waals surface area contributed by atoms with Crippen molar-refractivity contribution in [2.75, 3.05) is 0 Å². The van der Waals surface area contributed by atoms with E-state index in [-0.39, 0.29) is 18.5 Å². The number of aliphatic imine (C=N–C) groups is 1. The fourth-order valence-corrected chi connectivity index (χ4v) is 8.85. The summed E-state index contributed by atoms with van der Waals surface area (Å²) in [6.07, 6.45) is 5.93. The number of benzene rings is 8. The molecule has 0 saturated carbocycles. The first-order valence-electron chi connectivity index (χ1n) is 20.3. The summed E-state index contributed by atoms with van der Waals surface area (Å²) in [4.78, 5) is 5.33. The minimum absolute atomic E-state index is 0.175. The quantitative estimate of drug-likeness (QED) is 0.152. The zero-order chi connectivity index (χ0) is 39.1. The van der Waals surface area contributed by atoms with Crippen LogP contribution in [0.2, 0.25) is 0 Å². The molecule has 0 amide bonds. The van der Waals surface area contributed by atoms with Crippen LogP contribution < -0.4 is 16.0 Å². The molecule has 5 heteroatoms. The average Bonchev–Trinajstić information content (AvgIpc) is 3.66.